The van der Waals surface area contributed by atoms with Gasteiger partial charge in [-0.25, -0.2) is 0 Å². The van der Waals surface area contributed by atoms with Gasteiger partial charge in [-0.1, -0.05) is 37.6 Å². The number of hydrogen-bond acceptors (Lipinski definition) is 4. The van der Waals surface area contributed by atoms with Crippen LogP contribution >= 0.6 is 11.6 Å². The Morgan fingerprint density at radius 1 is 1.00 bits per heavy atom. The highest BCUT2D eigenvalue weighted by Crippen LogP contribution is 2.35. The zero-order valence-electron chi connectivity index (χ0n) is 18.5. The van der Waals surface area contributed by atoms with E-state index in [9.17, 15) is 9.59 Å². The molecule has 1 saturated heterocycles. The third-order valence-corrected chi connectivity index (χ3v) is 5.41. The molecule has 1 N–H and O–H groups in total. The molecule has 2 aromatic carbocycles. The predicted molar refractivity (Wildman–Crippen MR) is 125 cm³/mol. The van der Waals surface area contributed by atoms with Gasteiger partial charge in [0.05, 0.1) is 22.5 Å². The molecule has 1 heterocycles. The summed E-state index contributed by atoms with van der Waals surface area (Å²) >= 11 is 6.53. The zero-order valence-corrected chi connectivity index (χ0v) is 19.3. The van der Waals surface area contributed by atoms with Crippen molar-refractivity contribution in [3.05, 3.63) is 53.1 Å². The van der Waals surface area contributed by atoms with Crippen molar-refractivity contribution in [3.63, 3.8) is 0 Å². The van der Waals surface area contributed by atoms with Crippen molar-refractivity contribution in [2.24, 2.45) is 5.92 Å². The molecule has 0 atom stereocenters. The summed E-state index contributed by atoms with van der Waals surface area (Å²) in [6.45, 7) is 10.3. The third-order valence-electron chi connectivity index (χ3n) is 5.10. The molecule has 3 rings (SSSR count). The van der Waals surface area contributed by atoms with Crippen LogP contribution in [-0.4, -0.2) is 49.0 Å². The maximum Gasteiger partial charge on any atom is 0.255 e. The van der Waals surface area contributed by atoms with Crippen LogP contribution in [0.4, 0.5) is 11.4 Å². The first-order chi connectivity index (χ1) is 14.8. The normalized spacial score (nSPS) is 14.2. The first-order valence-corrected chi connectivity index (χ1v) is 11.0. The summed E-state index contributed by atoms with van der Waals surface area (Å²) in [5, 5.41) is 3.56. The number of halogens is 1. The van der Waals surface area contributed by atoms with E-state index in [1.807, 2.05) is 56.9 Å². The van der Waals surface area contributed by atoms with Crippen LogP contribution in [0.1, 0.15) is 38.1 Å². The van der Waals surface area contributed by atoms with E-state index in [0.29, 0.717) is 48.2 Å². The maximum absolute atomic E-state index is 12.9. The topological polar surface area (TPSA) is 61.9 Å². The number of benzene rings is 2. The average Bonchev–Trinajstić information content (AvgIpc) is 2.73. The van der Waals surface area contributed by atoms with E-state index in [1.54, 1.807) is 18.2 Å². The van der Waals surface area contributed by atoms with Gasteiger partial charge in [-0.15, -0.1) is 0 Å². The average molecular weight is 444 g/mol. The monoisotopic (exact) mass is 443 g/mol. The summed E-state index contributed by atoms with van der Waals surface area (Å²) in [5.74, 6) is 0.569. The number of carbonyl (C=O) groups excluding carboxylic acids is 2. The second-order valence-corrected chi connectivity index (χ2v) is 8.66. The van der Waals surface area contributed by atoms with Gasteiger partial charge in [-0.2, -0.15) is 0 Å². The molecule has 7 heteroatoms. The molecular weight excluding hydrogens is 414 g/mol. The van der Waals surface area contributed by atoms with Gasteiger partial charge in [0.15, 0.2) is 0 Å². The van der Waals surface area contributed by atoms with Crippen LogP contribution in [0.5, 0.6) is 5.75 Å². The molecule has 0 aliphatic carbocycles. The largest absolute Gasteiger partial charge is 0.491 e. The van der Waals surface area contributed by atoms with E-state index in [4.69, 9.17) is 16.3 Å². The van der Waals surface area contributed by atoms with Gasteiger partial charge in [0.25, 0.3) is 5.91 Å². The molecule has 1 fully saturated rings. The molecule has 31 heavy (non-hydrogen) atoms. The lowest BCUT2D eigenvalue weighted by Gasteiger charge is -2.38. The molecule has 6 nitrogen and oxygen atoms in total. The van der Waals surface area contributed by atoms with E-state index in [0.717, 1.165) is 5.69 Å². The minimum absolute atomic E-state index is 0.0165. The van der Waals surface area contributed by atoms with Crippen LogP contribution in [0.15, 0.2) is 42.5 Å². The fraction of sp³-hybridized carbons (Fsp3) is 0.417. The summed E-state index contributed by atoms with van der Waals surface area (Å²) < 4.78 is 5.70. The molecule has 0 aromatic heterocycles. The van der Waals surface area contributed by atoms with Gasteiger partial charge < -0.3 is 19.9 Å². The minimum Gasteiger partial charge on any atom is -0.491 e. The summed E-state index contributed by atoms with van der Waals surface area (Å²) in [4.78, 5) is 29.2. The maximum atomic E-state index is 12.9. The lowest BCUT2D eigenvalue weighted by atomic mass is 10.1. The van der Waals surface area contributed by atoms with Gasteiger partial charge in [-0.3, -0.25) is 9.59 Å². The predicted octanol–water partition coefficient (Wildman–Crippen LogP) is 4.68. The first kappa shape index (κ1) is 22.9. The van der Waals surface area contributed by atoms with Crippen LogP contribution in [0.2, 0.25) is 5.02 Å². The lowest BCUT2D eigenvalue weighted by molar-refractivity contribution is -0.134. The Kier molecular flexibility index (Phi) is 7.44. The number of nitrogens with zero attached hydrogens (tertiary/aromatic N) is 2. The van der Waals surface area contributed by atoms with Crippen molar-refractivity contribution in [1.82, 2.24) is 4.90 Å². The van der Waals surface area contributed by atoms with Crippen molar-refractivity contribution >= 4 is 34.8 Å². The Hall–Kier alpha value is -2.73. The van der Waals surface area contributed by atoms with E-state index >= 15 is 0 Å². The van der Waals surface area contributed by atoms with Crippen LogP contribution in [0.25, 0.3) is 0 Å². The van der Waals surface area contributed by atoms with Gasteiger partial charge in [-0.05, 0) is 44.2 Å². The van der Waals surface area contributed by atoms with Crippen molar-refractivity contribution in [1.29, 1.82) is 0 Å². The number of para-hydroxylation sites is 1. The molecule has 2 amide bonds. The fourth-order valence-corrected chi connectivity index (χ4v) is 3.92. The van der Waals surface area contributed by atoms with E-state index in [1.165, 1.54) is 0 Å². The summed E-state index contributed by atoms with van der Waals surface area (Å²) in [5.41, 5.74) is 1.94. The number of ether oxygens (including phenoxy) is 1. The molecular formula is C24H30ClN3O3. The number of rotatable bonds is 6. The zero-order chi connectivity index (χ0) is 22.5. The third kappa shape index (κ3) is 5.70. The van der Waals surface area contributed by atoms with Crippen LogP contribution in [0, 0.1) is 5.92 Å². The summed E-state index contributed by atoms with van der Waals surface area (Å²) in [7, 11) is 0. The second-order valence-electron chi connectivity index (χ2n) is 8.25. The molecule has 0 unspecified atom stereocenters. The second kappa shape index (κ2) is 10.1. The van der Waals surface area contributed by atoms with E-state index in [-0.39, 0.29) is 23.8 Å². The Bertz CT molecular complexity index is 937. The standard InChI is InChI=1S/C24H30ClN3O3/c1-16(2)24(30)28-13-11-27(12-14-28)22-20(25)9-6-10-21(22)26-23(29)18-7-5-8-19(15-18)31-17(3)4/h5-10,15-17H,11-14H2,1-4H3,(H,26,29). The lowest BCUT2D eigenvalue weighted by Crippen LogP contribution is -2.50. The van der Waals surface area contributed by atoms with Crippen molar-refractivity contribution in [3.8, 4) is 5.75 Å². The van der Waals surface area contributed by atoms with Gasteiger partial charge >= 0.3 is 0 Å². The van der Waals surface area contributed by atoms with Gasteiger partial charge in [0, 0.05) is 37.7 Å². The molecule has 0 bridgehead atoms. The highest BCUT2D eigenvalue weighted by molar-refractivity contribution is 6.34. The van der Waals surface area contributed by atoms with Crippen LogP contribution < -0.4 is 15.0 Å². The first-order valence-electron chi connectivity index (χ1n) is 10.7. The Morgan fingerprint density at radius 2 is 1.68 bits per heavy atom. The Labute approximate surface area is 189 Å². The number of carbonyl (C=O) groups is 2. The molecule has 0 saturated carbocycles. The number of amides is 2. The van der Waals surface area contributed by atoms with Crippen molar-refractivity contribution in [2.45, 2.75) is 33.8 Å². The van der Waals surface area contributed by atoms with Gasteiger partial charge in [0.1, 0.15) is 5.75 Å². The van der Waals surface area contributed by atoms with Gasteiger partial charge in [0.2, 0.25) is 5.91 Å². The van der Waals surface area contributed by atoms with E-state index < -0.39 is 0 Å². The van der Waals surface area contributed by atoms with Crippen LogP contribution in [0.3, 0.4) is 0 Å². The quantitative estimate of drug-likeness (QED) is 0.703. The Morgan fingerprint density at radius 3 is 2.32 bits per heavy atom. The minimum atomic E-state index is -0.230. The number of nitrogens with one attached hydrogen (secondary N) is 1. The molecule has 166 valence electrons. The Balaban J connectivity index is 1.76. The smallest absolute Gasteiger partial charge is 0.255 e. The summed E-state index contributed by atoms with van der Waals surface area (Å²) in [6, 6.07) is 12.6. The number of hydrogen-bond donors (Lipinski definition) is 1. The van der Waals surface area contributed by atoms with E-state index in [2.05, 4.69) is 10.2 Å². The molecule has 0 spiro atoms. The van der Waals surface area contributed by atoms with Crippen LogP contribution in [-0.2, 0) is 4.79 Å². The van der Waals surface area contributed by atoms with Crippen molar-refractivity contribution < 1.29 is 14.3 Å². The highest BCUT2D eigenvalue weighted by Gasteiger charge is 2.25. The number of anilines is 2. The molecule has 2 aromatic rings. The molecule has 1 aliphatic heterocycles. The SMILES string of the molecule is CC(C)Oc1cccc(C(=O)Nc2cccc(Cl)c2N2CCN(C(=O)C(C)C)CC2)c1. The number of piperazine rings is 1. The molecule has 1 aliphatic rings. The van der Waals surface area contributed by atoms with Crippen molar-refractivity contribution in [2.75, 3.05) is 36.4 Å². The fourth-order valence-electron chi connectivity index (χ4n) is 3.63. The molecule has 0 radical (unpaired) electrons. The summed E-state index contributed by atoms with van der Waals surface area (Å²) in [6.07, 6.45) is 0.0269. The highest BCUT2D eigenvalue weighted by atomic mass is 35.5.